The number of benzene rings is 2. The van der Waals surface area contributed by atoms with E-state index in [2.05, 4.69) is 5.32 Å². The summed E-state index contributed by atoms with van der Waals surface area (Å²) in [6.45, 7) is 2.68. The van der Waals surface area contributed by atoms with Crippen molar-refractivity contribution in [1.82, 2.24) is 9.62 Å². The molecule has 2 aromatic rings. The summed E-state index contributed by atoms with van der Waals surface area (Å²) in [4.78, 5) is 13.0. The number of rotatable bonds is 8. The van der Waals surface area contributed by atoms with Gasteiger partial charge in [0.15, 0.2) is 11.5 Å². The van der Waals surface area contributed by atoms with Gasteiger partial charge in [0.2, 0.25) is 15.9 Å². The van der Waals surface area contributed by atoms with Gasteiger partial charge >= 0.3 is 0 Å². The first-order chi connectivity index (χ1) is 15.3. The Hall–Kier alpha value is -2.78. The molecular weight excluding hydrogens is 432 g/mol. The number of methoxy groups -OCH3 is 3. The second kappa shape index (κ2) is 10.2. The summed E-state index contributed by atoms with van der Waals surface area (Å²) in [5.41, 5.74) is 1.61. The summed E-state index contributed by atoms with van der Waals surface area (Å²) < 4.78 is 43.4. The Kier molecular flexibility index (Phi) is 7.63. The highest BCUT2D eigenvalue weighted by Crippen LogP contribution is 2.29. The van der Waals surface area contributed by atoms with Gasteiger partial charge in [0.1, 0.15) is 5.75 Å². The van der Waals surface area contributed by atoms with Gasteiger partial charge in [-0.05, 0) is 61.2 Å². The van der Waals surface area contributed by atoms with E-state index in [1.807, 2.05) is 12.1 Å². The Balaban J connectivity index is 1.66. The molecule has 174 valence electrons. The van der Waals surface area contributed by atoms with E-state index in [-0.39, 0.29) is 17.3 Å². The zero-order chi connectivity index (χ0) is 23.3. The van der Waals surface area contributed by atoms with Crippen molar-refractivity contribution in [3.63, 3.8) is 0 Å². The number of nitrogens with zero attached hydrogens (tertiary/aromatic N) is 1. The van der Waals surface area contributed by atoms with E-state index < -0.39 is 15.9 Å². The van der Waals surface area contributed by atoms with E-state index in [0.29, 0.717) is 43.2 Å². The van der Waals surface area contributed by atoms with Crippen molar-refractivity contribution in [3.05, 3.63) is 47.5 Å². The number of ether oxygens (including phenoxy) is 3. The van der Waals surface area contributed by atoms with Crippen LogP contribution in [0.3, 0.4) is 0 Å². The van der Waals surface area contributed by atoms with E-state index in [1.54, 1.807) is 52.5 Å². The maximum Gasteiger partial charge on any atom is 0.243 e. The predicted molar refractivity (Wildman–Crippen MR) is 121 cm³/mol. The fourth-order valence-electron chi connectivity index (χ4n) is 3.86. The number of piperidine rings is 1. The summed E-state index contributed by atoms with van der Waals surface area (Å²) in [7, 11) is 0.978. The number of aryl methyl sites for hydroxylation is 1. The van der Waals surface area contributed by atoms with Gasteiger partial charge < -0.3 is 19.5 Å². The first-order valence-electron chi connectivity index (χ1n) is 10.4. The molecule has 1 heterocycles. The molecule has 1 unspecified atom stereocenters. The maximum absolute atomic E-state index is 13.1. The Bertz CT molecular complexity index is 1070. The number of carbonyl (C=O) groups is 1. The second-order valence-electron chi connectivity index (χ2n) is 7.74. The van der Waals surface area contributed by atoms with Gasteiger partial charge in [-0.15, -0.1) is 0 Å². The fourth-order valence-corrected chi connectivity index (χ4v) is 5.47. The lowest BCUT2D eigenvalue weighted by Gasteiger charge is -2.31. The summed E-state index contributed by atoms with van der Waals surface area (Å²) in [5.74, 6) is 1.27. The maximum atomic E-state index is 13.1. The van der Waals surface area contributed by atoms with Gasteiger partial charge in [-0.25, -0.2) is 8.42 Å². The van der Waals surface area contributed by atoms with Crippen molar-refractivity contribution in [3.8, 4) is 17.2 Å². The molecule has 1 N–H and O–H groups in total. The number of carbonyl (C=O) groups excluding carboxylic acids is 1. The van der Waals surface area contributed by atoms with E-state index in [4.69, 9.17) is 14.2 Å². The molecule has 3 rings (SSSR count). The Morgan fingerprint density at radius 3 is 2.38 bits per heavy atom. The molecule has 1 aliphatic rings. The average molecular weight is 463 g/mol. The van der Waals surface area contributed by atoms with Gasteiger partial charge in [-0.2, -0.15) is 4.31 Å². The molecule has 1 fully saturated rings. The summed E-state index contributed by atoms with van der Waals surface area (Å²) in [6.07, 6.45) is 1.27. The molecule has 0 radical (unpaired) electrons. The molecule has 0 saturated carbocycles. The number of sulfonamides is 1. The molecule has 9 heteroatoms. The Morgan fingerprint density at radius 2 is 1.72 bits per heavy atom. The van der Waals surface area contributed by atoms with Crippen LogP contribution in [0.25, 0.3) is 0 Å². The van der Waals surface area contributed by atoms with Crippen LogP contribution in [0.2, 0.25) is 0 Å². The minimum atomic E-state index is -3.69. The van der Waals surface area contributed by atoms with Crippen LogP contribution < -0.4 is 19.5 Å². The number of hydrogen-bond acceptors (Lipinski definition) is 6. The normalized spacial score (nSPS) is 16.9. The van der Waals surface area contributed by atoms with E-state index in [0.717, 1.165) is 11.1 Å². The lowest BCUT2D eigenvalue weighted by molar-refractivity contribution is -0.126. The lowest BCUT2D eigenvalue weighted by atomic mass is 9.98. The highest BCUT2D eigenvalue weighted by Gasteiger charge is 2.33. The molecule has 1 aliphatic heterocycles. The van der Waals surface area contributed by atoms with Crippen LogP contribution in [-0.2, 0) is 21.4 Å². The van der Waals surface area contributed by atoms with Crippen molar-refractivity contribution in [2.75, 3.05) is 34.4 Å². The first kappa shape index (κ1) is 23.9. The third-order valence-corrected chi connectivity index (χ3v) is 7.53. The van der Waals surface area contributed by atoms with Crippen molar-refractivity contribution in [2.24, 2.45) is 5.92 Å². The quantitative estimate of drug-likeness (QED) is 0.648. The molecule has 1 atom stereocenters. The molecule has 0 spiro atoms. The Morgan fingerprint density at radius 1 is 1.03 bits per heavy atom. The van der Waals surface area contributed by atoms with E-state index in [1.165, 1.54) is 4.31 Å². The van der Waals surface area contributed by atoms with E-state index in [9.17, 15) is 13.2 Å². The third kappa shape index (κ3) is 5.16. The van der Waals surface area contributed by atoms with Crippen LogP contribution in [0, 0.1) is 12.8 Å². The zero-order valence-electron chi connectivity index (χ0n) is 18.9. The molecule has 0 bridgehead atoms. The average Bonchev–Trinajstić information content (AvgIpc) is 2.82. The van der Waals surface area contributed by atoms with E-state index >= 15 is 0 Å². The molecule has 8 nitrogen and oxygen atoms in total. The molecule has 2 aromatic carbocycles. The topological polar surface area (TPSA) is 94.2 Å². The zero-order valence-corrected chi connectivity index (χ0v) is 19.7. The highest BCUT2D eigenvalue weighted by molar-refractivity contribution is 7.89. The molecule has 32 heavy (non-hydrogen) atoms. The van der Waals surface area contributed by atoms with Crippen molar-refractivity contribution in [2.45, 2.75) is 31.2 Å². The fraction of sp³-hybridized carbons (Fsp3) is 0.435. The van der Waals surface area contributed by atoms with Crippen LogP contribution >= 0.6 is 0 Å². The van der Waals surface area contributed by atoms with Gasteiger partial charge in [-0.3, -0.25) is 4.79 Å². The smallest absolute Gasteiger partial charge is 0.243 e. The monoisotopic (exact) mass is 462 g/mol. The van der Waals surface area contributed by atoms with Crippen molar-refractivity contribution >= 4 is 15.9 Å². The SMILES string of the molecule is COc1ccc(S(=O)(=O)N2CCCC(C(=O)NCc3ccc(OC)c(OC)c3)C2)cc1C. The summed E-state index contributed by atoms with van der Waals surface area (Å²) in [5, 5.41) is 2.92. The molecule has 0 aliphatic carbocycles. The number of hydrogen-bond donors (Lipinski definition) is 1. The minimum absolute atomic E-state index is 0.158. The summed E-state index contributed by atoms with van der Waals surface area (Å²) in [6, 6.07) is 10.2. The van der Waals surface area contributed by atoms with Gasteiger partial charge in [0.05, 0.1) is 32.1 Å². The summed E-state index contributed by atoms with van der Waals surface area (Å²) >= 11 is 0. The molecule has 1 saturated heterocycles. The van der Waals surface area contributed by atoms with Gasteiger partial charge in [-0.1, -0.05) is 6.07 Å². The molecule has 1 amide bonds. The van der Waals surface area contributed by atoms with Gasteiger partial charge in [0, 0.05) is 19.6 Å². The van der Waals surface area contributed by atoms with Gasteiger partial charge in [0.25, 0.3) is 0 Å². The molecular formula is C23H30N2O6S. The minimum Gasteiger partial charge on any atom is -0.496 e. The predicted octanol–water partition coefficient (Wildman–Crippen LogP) is 2.74. The third-order valence-electron chi connectivity index (χ3n) is 5.67. The van der Waals surface area contributed by atoms with Crippen molar-refractivity contribution in [1.29, 1.82) is 0 Å². The second-order valence-corrected chi connectivity index (χ2v) is 9.68. The largest absolute Gasteiger partial charge is 0.496 e. The van der Waals surface area contributed by atoms with Crippen LogP contribution in [-0.4, -0.2) is 53.0 Å². The molecule has 0 aromatic heterocycles. The van der Waals surface area contributed by atoms with Crippen LogP contribution in [0.5, 0.6) is 17.2 Å². The Labute approximate surface area is 189 Å². The van der Waals surface area contributed by atoms with Crippen LogP contribution in [0.1, 0.15) is 24.0 Å². The highest BCUT2D eigenvalue weighted by atomic mass is 32.2. The van der Waals surface area contributed by atoms with Crippen LogP contribution in [0.4, 0.5) is 0 Å². The van der Waals surface area contributed by atoms with Crippen LogP contribution in [0.15, 0.2) is 41.3 Å². The number of nitrogens with one attached hydrogen (secondary N) is 1. The first-order valence-corrected chi connectivity index (χ1v) is 11.9. The standard InChI is InChI=1S/C23H30N2O6S/c1-16-12-19(8-10-20(16)29-2)32(27,28)25-11-5-6-18(15-25)23(26)24-14-17-7-9-21(30-3)22(13-17)31-4/h7-10,12-13,18H,5-6,11,14-15H2,1-4H3,(H,24,26). The van der Waals surface area contributed by atoms with Crippen molar-refractivity contribution < 1.29 is 27.4 Å². The number of amides is 1. The lowest BCUT2D eigenvalue weighted by Crippen LogP contribution is -2.45.